The van der Waals surface area contributed by atoms with Crippen molar-refractivity contribution in [3.8, 4) is 0 Å². The first-order valence-electron chi connectivity index (χ1n) is 9.65. The summed E-state index contributed by atoms with van der Waals surface area (Å²) in [7, 11) is 0. The normalized spacial score (nSPS) is 11.6. The zero-order valence-corrected chi connectivity index (χ0v) is 18.6. The van der Waals surface area contributed by atoms with E-state index >= 15 is 0 Å². The Morgan fingerprint density at radius 3 is 2.00 bits per heavy atom. The highest BCUT2D eigenvalue weighted by atomic mass is 35.5. The van der Waals surface area contributed by atoms with Crippen molar-refractivity contribution in [3.63, 3.8) is 0 Å². The molecular weight excluding hydrogens is 434 g/mol. The molecule has 3 N–H and O–H groups in total. The van der Waals surface area contributed by atoms with Crippen LogP contribution in [0.15, 0.2) is 66.0 Å². The lowest BCUT2D eigenvalue weighted by atomic mass is 10.0. The number of halogens is 1. The van der Waals surface area contributed by atoms with Crippen molar-refractivity contribution in [3.05, 3.63) is 81.5 Å². The van der Waals surface area contributed by atoms with Crippen LogP contribution >= 0.6 is 22.9 Å². The Kier molecular flexibility index (Phi) is 7.44. The van der Waals surface area contributed by atoms with Crippen LogP contribution in [0, 0.1) is 5.92 Å². The Morgan fingerprint density at radius 2 is 1.45 bits per heavy atom. The smallest absolute Gasteiger partial charge is 0.265 e. The highest BCUT2D eigenvalue weighted by Gasteiger charge is 2.25. The molecule has 8 heteroatoms. The maximum atomic E-state index is 12.8. The number of anilines is 2. The highest BCUT2D eigenvalue weighted by molar-refractivity contribution is 7.12. The quantitative estimate of drug-likeness (QED) is 0.466. The zero-order chi connectivity index (χ0) is 22.4. The van der Waals surface area contributed by atoms with Crippen LogP contribution in [-0.2, 0) is 4.79 Å². The van der Waals surface area contributed by atoms with Crippen LogP contribution < -0.4 is 16.0 Å². The minimum atomic E-state index is -0.721. The molecule has 1 atom stereocenters. The lowest BCUT2D eigenvalue weighted by Crippen LogP contribution is -2.47. The van der Waals surface area contributed by atoms with Gasteiger partial charge in [0.25, 0.3) is 11.8 Å². The van der Waals surface area contributed by atoms with E-state index in [0.29, 0.717) is 26.8 Å². The fourth-order valence-corrected chi connectivity index (χ4v) is 3.56. The summed E-state index contributed by atoms with van der Waals surface area (Å²) in [6.45, 7) is 3.71. The van der Waals surface area contributed by atoms with Crippen molar-refractivity contribution in [1.82, 2.24) is 5.32 Å². The van der Waals surface area contributed by atoms with Gasteiger partial charge >= 0.3 is 0 Å². The summed E-state index contributed by atoms with van der Waals surface area (Å²) in [6.07, 6.45) is 0. The second kappa shape index (κ2) is 10.2. The Balaban J connectivity index is 1.61. The maximum Gasteiger partial charge on any atom is 0.265 e. The van der Waals surface area contributed by atoms with Crippen molar-refractivity contribution in [1.29, 1.82) is 0 Å². The van der Waals surface area contributed by atoms with Gasteiger partial charge in [-0.25, -0.2) is 0 Å². The maximum absolute atomic E-state index is 12.8. The van der Waals surface area contributed by atoms with Gasteiger partial charge in [0.15, 0.2) is 0 Å². The van der Waals surface area contributed by atoms with E-state index in [-0.39, 0.29) is 23.6 Å². The molecule has 0 bridgehead atoms. The van der Waals surface area contributed by atoms with E-state index in [1.807, 2.05) is 25.3 Å². The largest absolute Gasteiger partial charge is 0.340 e. The van der Waals surface area contributed by atoms with Crippen molar-refractivity contribution < 1.29 is 14.4 Å². The van der Waals surface area contributed by atoms with E-state index < -0.39 is 6.04 Å². The van der Waals surface area contributed by atoms with Crippen LogP contribution in [0.5, 0.6) is 0 Å². The molecule has 3 aromatic rings. The molecule has 0 aliphatic rings. The van der Waals surface area contributed by atoms with Crippen molar-refractivity contribution in [2.24, 2.45) is 5.92 Å². The molecular formula is C23H22ClN3O3S. The number of rotatable bonds is 7. The molecule has 160 valence electrons. The number of amides is 3. The van der Waals surface area contributed by atoms with Crippen LogP contribution in [0.1, 0.15) is 33.9 Å². The summed E-state index contributed by atoms with van der Waals surface area (Å²) in [5.41, 5.74) is 1.60. The standard InChI is InChI=1S/C23H22ClN3O3S/c1-14(2)20(27-21(28)15-5-7-16(24)8-6-15)23(30)26-18-11-9-17(10-12-18)25-22(29)19-4-3-13-31-19/h3-14,20H,1-2H3,(H,25,29)(H,26,30)(H,27,28). The number of nitrogens with one attached hydrogen (secondary N) is 3. The topological polar surface area (TPSA) is 87.3 Å². The van der Waals surface area contributed by atoms with E-state index in [1.165, 1.54) is 11.3 Å². The highest BCUT2D eigenvalue weighted by Crippen LogP contribution is 2.17. The first kappa shape index (κ1) is 22.5. The van der Waals surface area contributed by atoms with Crippen LogP contribution in [0.4, 0.5) is 11.4 Å². The number of carbonyl (C=O) groups excluding carboxylic acids is 3. The van der Waals surface area contributed by atoms with Gasteiger partial charge in [0.05, 0.1) is 4.88 Å². The van der Waals surface area contributed by atoms with Gasteiger partial charge in [-0.3, -0.25) is 14.4 Å². The molecule has 31 heavy (non-hydrogen) atoms. The van der Waals surface area contributed by atoms with E-state index in [0.717, 1.165) is 0 Å². The van der Waals surface area contributed by atoms with E-state index in [4.69, 9.17) is 11.6 Å². The van der Waals surface area contributed by atoms with Gasteiger partial charge < -0.3 is 16.0 Å². The minimum Gasteiger partial charge on any atom is -0.340 e. The minimum absolute atomic E-state index is 0.124. The third kappa shape index (κ3) is 6.16. The molecule has 1 aromatic heterocycles. The Labute approximate surface area is 189 Å². The molecule has 0 saturated carbocycles. The monoisotopic (exact) mass is 455 g/mol. The number of carbonyl (C=O) groups is 3. The summed E-state index contributed by atoms with van der Waals surface area (Å²) in [6, 6.07) is 16.1. The van der Waals surface area contributed by atoms with Gasteiger partial charge in [0.2, 0.25) is 5.91 Å². The summed E-state index contributed by atoms with van der Waals surface area (Å²) in [5, 5.41) is 10.8. The second-order valence-corrected chi connectivity index (χ2v) is 8.58. The first-order valence-corrected chi connectivity index (χ1v) is 10.9. The van der Waals surface area contributed by atoms with Crippen molar-refractivity contribution in [2.75, 3.05) is 10.6 Å². The van der Waals surface area contributed by atoms with Gasteiger partial charge in [-0.05, 0) is 65.9 Å². The lowest BCUT2D eigenvalue weighted by Gasteiger charge is -2.22. The number of thiophene rings is 1. The predicted molar refractivity (Wildman–Crippen MR) is 125 cm³/mol. The third-order valence-electron chi connectivity index (χ3n) is 4.50. The number of benzene rings is 2. The Hall–Kier alpha value is -3.16. The van der Waals surface area contributed by atoms with E-state index in [2.05, 4.69) is 16.0 Å². The van der Waals surface area contributed by atoms with Gasteiger partial charge in [-0.1, -0.05) is 31.5 Å². The summed E-state index contributed by atoms with van der Waals surface area (Å²) >= 11 is 7.22. The summed E-state index contributed by atoms with van der Waals surface area (Å²) in [5.74, 6) is -0.984. The molecule has 0 saturated heterocycles. The number of hydrogen-bond acceptors (Lipinski definition) is 4. The molecule has 0 fully saturated rings. The average molecular weight is 456 g/mol. The van der Waals surface area contributed by atoms with Gasteiger partial charge in [-0.2, -0.15) is 0 Å². The molecule has 1 unspecified atom stereocenters. The molecule has 6 nitrogen and oxygen atoms in total. The number of hydrogen-bond donors (Lipinski definition) is 3. The molecule has 0 aliphatic heterocycles. The summed E-state index contributed by atoms with van der Waals surface area (Å²) in [4.78, 5) is 38.0. The van der Waals surface area contributed by atoms with Crippen molar-refractivity contribution >= 4 is 52.0 Å². The van der Waals surface area contributed by atoms with Crippen LogP contribution in [0.2, 0.25) is 5.02 Å². The van der Waals surface area contributed by atoms with E-state index in [1.54, 1.807) is 54.6 Å². The molecule has 0 aliphatic carbocycles. The average Bonchev–Trinajstić information content (AvgIpc) is 3.28. The molecule has 3 amide bonds. The Morgan fingerprint density at radius 1 is 0.839 bits per heavy atom. The Bertz CT molecular complexity index is 1050. The fourth-order valence-electron chi connectivity index (χ4n) is 2.82. The molecule has 0 spiro atoms. The molecule has 1 heterocycles. The van der Waals surface area contributed by atoms with Gasteiger partial charge in [-0.15, -0.1) is 11.3 Å². The van der Waals surface area contributed by atoms with Crippen LogP contribution in [-0.4, -0.2) is 23.8 Å². The fraction of sp³-hybridized carbons (Fsp3) is 0.174. The SMILES string of the molecule is CC(C)C(NC(=O)c1ccc(Cl)cc1)C(=O)Nc1ccc(NC(=O)c2cccs2)cc1. The van der Waals surface area contributed by atoms with E-state index in [9.17, 15) is 14.4 Å². The lowest BCUT2D eigenvalue weighted by molar-refractivity contribution is -0.118. The zero-order valence-electron chi connectivity index (χ0n) is 17.0. The van der Waals surface area contributed by atoms with Gasteiger partial charge in [0.1, 0.15) is 6.04 Å². The second-order valence-electron chi connectivity index (χ2n) is 7.20. The molecule has 3 rings (SSSR count). The van der Waals surface area contributed by atoms with Crippen LogP contribution in [0.3, 0.4) is 0 Å². The van der Waals surface area contributed by atoms with Crippen molar-refractivity contribution in [2.45, 2.75) is 19.9 Å². The van der Waals surface area contributed by atoms with Gasteiger partial charge in [0, 0.05) is 22.0 Å². The molecule has 2 aromatic carbocycles. The molecule has 0 radical (unpaired) electrons. The predicted octanol–water partition coefficient (Wildman–Crippen LogP) is 5.05. The van der Waals surface area contributed by atoms with Crippen LogP contribution in [0.25, 0.3) is 0 Å². The first-order chi connectivity index (χ1) is 14.8. The third-order valence-corrected chi connectivity index (χ3v) is 5.62. The summed E-state index contributed by atoms with van der Waals surface area (Å²) < 4.78 is 0.